The Bertz CT molecular complexity index is 143. The lowest BCUT2D eigenvalue weighted by Crippen LogP contribution is -2.35. The van der Waals surface area contributed by atoms with Gasteiger partial charge in [-0.25, -0.2) is 0 Å². The number of hydrogen-bond donors (Lipinski definition) is 0. The largest absolute Gasteiger partial charge is 0.298 e. The summed E-state index contributed by atoms with van der Waals surface area (Å²) in [5.41, 5.74) is 0. The highest BCUT2D eigenvalue weighted by molar-refractivity contribution is 7.99. The van der Waals surface area contributed by atoms with Crippen LogP contribution in [0.5, 0.6) is 0 Å². The number of nitrogens with zero attached hydrogens (tertiary/aromatic N) is 1. The summed E-state index contributed by atoms with van der Waals surface area (Å²) in [6, 6.07) is 0.638. The molecule has 1 fully saturated rings. The van der Waals surface area contributed by atoms with E-state index in [4.69, 9.17) is 11.6 Å². The van der Waals surface area contributed by atoms with Crippen molar-refractivity contribution in [1.82, 2.24) is 4.90 Å². The molecule has 2 atom stereocenters. The molecule has 0 N–H and O–H groups in total. The van der Waals surface area contributed by atoms with Crippen molar-refractivity contribution < 1.29 is 0 Å². The van der Waals surface area contributed by atoms with Crippen LogP contribution in [-0.2, 0) is 0 Å². The Labute approximate surface area is 91.2 Å². The quantitative estimate of drug-likeness (QED) is 0.519. The highest BCUT2D eigenvalue weighted by Crippen LogP contribution is 2.24. The highest BCUT2D eigenvalue weighted by Gasteiger charge is 2.29. The molecular formula is C10H20ClNS. The van der Waals surface area contributed by atoms with E-state index in [1.165, 1.54) is 31.0 Å². The minimum absolute atomic E-state index is 0.638. The molecule has 3 heteroatoms. The van der Waals surface area contributed by atoms with E-state index in [1.54, 1.807) is 0 Å². The lowest BCUT2D eigenvalue weighted by molar-refractivity contribution is 0.265. The fourth-order valence-electron chi connectivity index (χ4n) is 1.94. The van der Waals surface area contributed by atoms with E-state index < -0.39 is 0 Å². The Morgan fingerprint density at radius 3 is 2.92 bits per heavy atom. The van der Waals surface area contributed by atoms with E-state index in [0.29, 0.717) is 6.04 Å². The summed E-state index contributed by atoms with van der Waals surface area (Å²) in [7, 11) is 0. The van der Waals surface area contributed by atoms with Gasteiger partial charge in [-0.3, -0.25) is 4.90 Å². The molecule has 1 nitrogen and oxygen atoms in total. The van der Waals surface area contributed by atoms with Crippen LogP contribution >= 0.6 is 23.4 Å². The highest BCUT2D eigenvalue weighted by atomic mass is 35.5. The zero-order valence-electron chi connectivity index (χ0n) is 8.63. The van der Waals surface area contributed by atoms with Crippen molar-refractivity contribution in [3.05, 3.63) is 0 Å². The predicted octanol–water partition coefficient (Wildman–Crippen LogP) is 2.69. The predicted molar refractivity (Wildman–Crippen MR) is 62.9 cm³/mol. The third-order valence-corrected chi connectivity index (χ3v) is 4.08. The minimum Gasteiger partial charge on any atom is -0.298 e. The molecule has 0 spiro atoms. The van der Waals surface area contributed by atoms with Crippen molar-refractivity contribution in [2.45, 2.75) is 26.3 Å². The van der Waals surface area contributed by atoms with E-state index in [1.807, 2.05) is 11.8 Å². The van der Waals surface area contributed by atoms with Gasteiger partial charge in [-0.05, 0) is 24.6 Å². The molecule has 0 aromatic heterocycles. The van der Waals surface area contributed by atoms with E-state index in [2.05, 4.69) is 18.7 Å². The summed E-state index contributed by atoms with van der Waals surface area (Å²) in [5, 5.41) is 0. The second-order valence-electron chi connectivity index (χ2n) is 3.72. The molecule has 0 aromatic carbocycles. The lowest BCUT2D eigenvalue weighted by Gasteiger charge is -2.24. The van der Waals surface area contributed by atoms with Gasteiger partial charge >= 0.3 is 0 Å². The zero-order valence-corrected chi connectivity index (χ0v) is 10.2. The topological polar surface area (TPSA) is 3.24 Å². The van der Waals surface area contributed by atoms with Gasteiger partial charge in [0.15, 0.2) is 0 Å². The smallest absolute Gasteiger partial charge is 0.0382 e. The maximum Gasteiger partial charge on any atom is 0.0382 e. The van der Waals surface area contributed by atoms with Gasteiger partial charge in [-0.15, -0.1) is 11.6 Å². The first-order chi connectivity index (χ1) is 6.29. The number of likely N-dealkylation sites (tertiary alicyclic amines) is 1. The molecule has 0 radical (unpaired) electrons. The molecule has 0 bridgehead atoms. The van der Waals surface area contributed by atoms with Gasteiger partial charge in [0.1, 0.15) is 0 Å². The minimum atomic E-state index is 0.638. The summed E-state index contributed by atoms with van der Waals surface area (Å²) >= 11 is 7.99. The molecule has 13 heavy (non-hydrogen) atoms. The maximum absolute atomic E-state index is 5.96. The summed E-state index contributed by atoms with van der Waals surface area (Å²) < 4.78 is 0. The summed E-state index contributed by atoms with van der Waals surface area (Å²) in [5.74, 6) is 4.09. The molecule has 1 rings (SSSR count). The molecular weight excluding hydrogens is 202 g/mol. The molecule has 0 aromatic rings. The van der Waals surface area contributed by atoms with Gasteiger partial charge in [-0.1, -0.05) is 13.8 Å². The van der Waals surface area contributed by atoms with E-state index in [9.17, 15) is 0 Å². The van der Waals surface area contributed by atoms with Crippen molar-refractivity contribution in [3.63, 3.8) is 0 Å². The van der Waals surface area contributed by atoms with Gasteiger partial charge in [0.05, 0.1) is 0 Å². The second kappa shape index (κ2) is 6.15. The first-order valence-corrected chi connectivity index (χ1v) is 6.86. The molecule has 2 unspecified atom stereocenters. The van der Waals surface area contributed by atoms with Crippen LogP contribution in [0.2, 0.25) is 0 Å². The Hall–Kier alpha value is 0.600. The van der Waals surface area contributed by atoms with Gasteiger partial charge in [0.25, 0.3) is 0 Å². The van der Waals surface area contributed by atoms with Crippen molar-refractivity contribution in [3.8, 4) is 0 Å². The molecule has 1 aliphatic heterocycles. The summed E-state index contributed by atoms with van der Waals surface area (Å²) in [6.45, 7) is 7.01. The van der Waals surface area contributed by atoms with Crippen LogP contribution in [0.1, 0.15) is 20.3 Å². The van der Waals surface area contributed by atoms with E-state index in [0.717, 1.165) is 11.8 Å². The molecule has 0 aliphatic carbocycles. The third-order valence-electron chi connectivity index (χ3n) is 2.88. The van der Waals surface area contributed by atoms with E-state index >= 15 is 0 Å². The zero-order chi connectivity index (χ0) is 9.68. The molecule has 1 aliphatic rings. The van der Waals surface area contributed by atoms with Crippen LogP contribution in [0.3, 0.4) is 0 Å². The average molecular weight is 222 g/mol. The Kier molecular flexibility index (Phi) is 5.52. The van der Waals surface area contributed by atoms with Gasteiger partial charge < -0.3 is 0 Å². The third kappa shape index (κ3) is 3.34. The van der Waals surface area contributed by atoms with Gasteiger partial charge in [0.2, 0.25) is 0 Å². The van der Waals surface area contributed by atoms with Gasteiger partial charge in [0, 0.05) is 24.2 Å². The fraction of sp³-hybridized carbons (Fsp3) is 1.00. The Morgan fingerprint density at radius 2 is 2.31 bits per heavy atom. The lowest BCUT2D eigenvalue weighted by atomic mass is 10.1. The number of hydrogen-bond acceptors (Lipinski definition) is 2. The van der Waals surface area contributed by atoms with Crippen LogP contribution in [0, 0.1) is 5.92 Å². The molecule has 0 amide bonds. The average Bonchev–Trinajstić information content (AvgIpc) is 2.47. The second-order valence-corrected chi connectivity index (χ2v) is 5.42. The SMILES string of the molecule is CCSCCN1CCC(C)C1CCl. The monoisotopic (exact) mass is 221 g/mol. The summed E-state index contributed by atoms with van der Waals surface area (Å²) in [4.78, 5) is 2.56. The van der Waals surface area contributed by atoms with Crippen LogP contribution in [0.25, 0.3) is 0 Å². The van der Waals surface area contributed by atoms with E-state index in [-0.39, 0.29) is 0 Å². The number of halogens is 1. The number of rotatable bonds is 5. The van der Waals surface area contributed by atoms with Crippen LogP contribution in [0.4, 0.5) is 0 Å². The maximum atomic E-state index is 5.96. The van der Waals surface area contributed by atoms with Crippen LogP contribution in [0.15, 0.2) is 0 Å². The Balaban J connectivity index is 2.24. The fourth-order valence-corrected chi connectivity index (χ4v) is 3.09. The van der Waals surface area contributed by atoms with Crippen LogP contribution < -0.4 is 0 Å². The number of thioether (sulfide) groups is 1. The van der Waals surface area contributed by atoms with Crippen molar-refractivity contribution >= 4 is 23.4 Å². The summed E-state index contributed by atoms with van der Waals surface area (Å²) in [6.07, 6.45) is 1.33. The number of alkyl halides is 1. The standard InChI is InChI=1S/C10H20ClNS/c1-3-13-7-6-12-5-4-9(2)10(12)8-11/h9-10H,3-8H2,1-2H3. The van der Waals surface area contributed by atoms with Crippen molar-refractivity contribution in [2.75, 3.05) is 30.5 Å². The molecule has 1 saturated heterocycles. The van der Waals surface area contributed by atoms with Crippen LogP contribution in [-0.4, -0.2) is 41.4 Å². The molecule has 78 valence electrons. The Morgan fingerprint density at radius 1 is 1.54 bits per heavy atom. The normalized spacial score (nSPS) is 29.8. The van der Waals surface area contributed by atoms with Crippen molar-refractivity contribution in [2.24, 2.45) is 5.92 Å². The first-order valence-electron chi connectivity index (χ1n) is 5.17. The van der Waals surface area contributed by atoms with Gasteiger partial charge in [-0.2, -0.15) is 11.8 Å². The first kappa shape index (κ1) is 11.7. The van der Waals surface area contributed by atoms with Crippen molar-refractivity contribution in [1.29, 1.82) is 0 Å². The molecule has 0 saturated carbocycles. The molecule has 1 heterocycles.